The van der Waals surface area contributed by atoms with Gasteiger partial charge in [-0.3, -0.25) is 9.59 Å². The van der Waals surface area contributed by atoms with Crippen molar-refractivity contribution in [1.82, 2.24) is 9.88 Å². The molecule has 1 aromatic heterocycles. The number of fused-ring (bicyclic) bond motifs is 1. The Labute approximate surface area is 124 Å². The van der Waals surface area contributed by atoms with Crippen LogP contribution >= 0.6 is 0 Å². The summed E-state index contributed by atoms with van der Waals surface area (Å²) >= 11 is 0. The second-order valence-corrected chi connectivity index (χ2v) is 5.23. The molecule has 1 aliphatic heterocycles. The highest BCUT2D eigenvalue weighted by atomic mass is 19.1. The number of halogens is 1. The molecule has 0 bridgehead atoms. The lowest BCUT2D eigenvalue weighted by atomic mass is 10.1. The molecule has 1 amide bonds. The molecule has 22 heavy (non-hydrogen) atoms. The molecule has 0 aliphatic carbocycles. The third-order valence-corrected chi connectivity index (χ3v) is 3.83. The largest absolute Gasteiger partial charge is 0.480 e. The summed E-state index contributed by atoms with van der Waals surface area (Å²) in [5.41, 5.74) is -0.235. The molecule has 0 spiro atoms. The number of carbonyl (C=O) groups is 2. The molecule has 0 saturated carbocycles. The Morgan fingerprint density at radius 2 is 2.09 bits per heavy atom. The van der Waals surface area contributed by atoms with Crippen molar-refractivity contribution in [1.29, 1.82) is 0 Å². The van der Waals surface area contributed by atoms with Crippen molar-refractivity contribution in [2.24, 2.45) is 0 Å². The van der Waals surface area contributed by atoms with E-state index in [0.29, 0.717) is 24.8 Å². The maximum absolute atomic E-state index is 13.3. The zero-order valence-electron chi connectivity index (χ0n) is 11.5. The first-order chi connectivity index (χ1) is 10.5. The predicted octanol–water partition coefficient (Wildman–Crippen LogP) is 1.36. The molecule has 1 aliphatic rings. The van der Waals surface area contributed by atoms with Gasteiger partial charge < -0.3 is 15.0 Å². The Hall–Kier alpha value is -2.70. The molecule has 7 heteroatoms. The molecule has 1 atom stereocenters. The Kier molecular flexibility index (Phi) is 3.40. The molecule has 2 aromatic rings. The lowest BCUT2D eigenvalue weighted by Gasteiger charge is -2.22. The van der Waals surface area contributed by atoms with Gasteiger partial charge in [-0.1, -0.05) is 0 Å². The molecule has 2 heterocycles. The van der Waals surface area contributed by atoms with Crippen molar-refractivity contribution in [2.45, 2.75) is 18.9 Å². The predicted molar refractivity (Wildman–Crippen MR) is 76.2 cm³/mol. The fourth-order valence-electron chi connectivity index (χ4n) is 2.83. The van der Waals surface area contributed by atoms with E-state index in [2.05, 4.69) is 4.98 Å². The number of aromatic nitrogens is 1. The topological polar surface area (TPSA) is 90.5 Å². The van der Waals surface area contributed by atoms with Crippen LogP contribution in [-0.4, -0.2) is 39.5 Å². The number of carboxylic acid groups (broad SMARTS) is 1. The highest BCUT2D eigenvalue weighted by Crippen LogP contribution is 2.23. The molecule has 3 rings (SSSR count). The van der Waals surface area contributed by atoms with Gasteiger partial charge in [0.15, 0.2) is 0 Å². The number of hydrogen-bond donors (Lipinski definition) is 2. The minimum Gasteiger partial charge on any atom is -0.480 e. The van der Waals surface area contributed by atoms with Crippen LogP contribution in [0.1, 0.15) is 23.2 Å². The van der Waals surface area contributed by atoms with Gasteiger partial charge in [0.05, 0.1) is 11.1 Å². The molecule has 1 saturated heterocycles. The van der Waals surface area contributed by atoms with Crippen molar-refractivity contribution in [3.8, 4) is 0 Å². The zero-order chi connectivity index (χ0) is 15.9. The molecular weight excluding hydrogens is 291 g/mol. The average Bonchev–Trinajstić information content (AvgIpc) is 2.94. The van der Waals surface area contributed by atoms with Crippen LogP contribution < -0.4 is 5.56 Å². The maximum atomic E-state index is 13.3. The molecule has 114 valence electrons. The average molecular weight is 304 g/mol. The van der Waals surface area contributed by atoms with Crippen LogP contribution in [0.5, 0.6) is 0 Å². The number of nitrogens with zero attached hydrogens (tertiary/aromatic N) is 1. The van der Waals surface area contributed by atoms with E-state index in [-0.39, 0.29) is 11.1 Å². The third-order valence-electron chi connectivity index (χ3n) is 3.83. The smallest absolute Gasteiger partial charge is 0.326 e. The summed E-state index contributed by atoms with van der Waals surface area (Å²) in [5.74, 6) is -2.11. The third kappa shape index (κ3) is 2.34. The lowest BCUT2D eigenvalue weighted by molar-refractivity contribution is -0.141. The second kappa shape index (κ2) is 5.25. The van der Waals surface area contributed by atoms with E-state index in [0.717, 1.165) is 12.1 Å². The number of rotatable bonds is 2. The molecular formula is C15H13FN2O4. The molecule has 6 nitrogen and oxygen atoms in total. The second-order valence-electron chi connectivity index (χ2n) is 5.23. The van der Waals surface area contributed by atoms with E-state index in [9.17, 15) is 23.9 Å². The van der Waals surface area contributed by atoms with E-state index in [4.69, 9.17) is 0 Å². The molecule has 0 unspecified atom stereocenters. The fraction of sp³-hybridized carbons (Fsp3) is 0.267. The standard InChI is InChI=1S/C15H13FN2O4/c16-8-3-4-9-10(7-13(19)17-11(9)6-8)14(20)18-5-1-2-12(18)15(21)22/h3-4,6-7,12H,1-2,5H2,(H,17,19)(H,21,22)/t12-/m1/s1. The summed E-state index contributed by atoms with van der Waals surface area (Å²) in [6.45, 7) is 0.325. The molecule has 2 N–H and O–H groups in total. The summed E-state index contributed by atoms with van der Waals surface area (Å²) in [6, 6.07) is 3.96. The summed E-state index contributed by atoms with van der Waals surface area (Å²) in [7, 11) is 0. The summed E-state index contributed by atoms with van der Waals surface area (Å²) in [4.78, 5) is 39.2. The molecule has 0 radical (unpaired) electrons. The number of amides is 1. The van der Waals surface area contributed by atoms with Gasteiger partial charge in [-0.05, 0) is 31.0 Å². The minimum absolute atomic E-state index is 0.0897. The fourth-order valence-corrected chi connectivity index (χ4v) is 2.83. The summed E-state index contributed by atoms with van der Waals surface area (Å²) in [5, 5.41) is 9.56. The zero-order valence-corrected chi connectivity index (χ0v) is 11.5. The quantitative estimate of drug-likeness (QED) is 0.876. The van der Waals surface area contributed by atoms with Crippen molar-refractivity contribution >= 4 is 22.8 Å². The van der Waals surface area contributed by atoms with Gasteiger partial charge in [0.25, 0.3) is 5.91 Å². The van der Waals surface area contributed by atoms with Gasteiger partial charge in [-0.2, -0.15) is 0 Å². The van der Waals surface area contributed by atoms with Crippen molar-refractivity contribution in [3.05, 3.63) is 46.0 Å². The Morgan fingerprint density at radius 1 is 1.32 bits per heavy atom. The van der Waals surface area contributed by atoms with Gasteiger partial charge in [-0.25, -0.2) is 9.18 Å². The number of carbonyl (C=O) groups excluding carboxylic acids is 1. The van der Waals surface area contributed by atoms with Gasteiger partial charge in [0.2, 0.25) is 5.56 Å². The number of benzene rings is 1. The van der Waals surface area contributed by atoms with E-state index >= 15 is 0 Å². The highest BCUT2D eigenvalue weighted by molar-refractivity contribution is 6.07. The minimum atomic E-state index is -1.06. The monoisotopic (exact) mass is 304 g/mol. The molecule has 1 fully saturated rings. The van der Waals surface area contributed by atoms with Gasteiger partial charge in [0.1, 0.15) is 11.9 Å². The Morgan fingerprint density at radius 3 is 2.82 bits per heavy atom. The van der Waals surface area contributed by atoms with Gasteiger partial charge in [0, 0.05) is 18.0 Å². The number of aliphatic carboxylic acids is 1. The maximum Gasteiger partial charge on any atom is 0.326 e. The van der Waals surface area contributed by atoms with E-state index in [1.165, 1.54) is 17.0 Å². The number of hydrogen-bond acceptors (Lipinski definition) is 3. The lowest BCUT2D eigenvalue weighted by Crippen LogP contribution is -2.40. The van der Waals surface area contributed by atoms with Crippen LogP contribution in [0.3, 0.4) is 0 Å². The van der Waals surface area contributed by atoms with E-state index < -0.39 is 29.3 Å². The van der Waals surface area contributed by atoms with Crippen LogP contribution in [0.4, 0.5) is 4.39 Å². The van der Waals surface area contributed by atoms with Crippen LogP contribution in [0.2, 0.25) is 0 Å². The normalized spacial score (nSPS) is 17.9. The van der Waals surface area contributed by atoms with Crippen LogP contribution in [0.25, 0.3) is 10.9 Å². The Bertz CT molecular complexity index is 830. The van der Waals surface area contributed by atoms with Gasteiger partial charge >= 0.3 is 5.97 Å². The van der Waals surface area contributed by atoms with E-state index in [1.54, 1.807) is 0 Å². The summed E-state index contributed by atoms with van der Waals surface area (Å²) < 4.78 is 13.3. The SMILES string of the molecule is O=C(O)[C@H]1CCCN1C(=O)c1cc(=O)[nH]c2cc(F)ccc12. The first kappa shape index (κ1) is 14.2. The molecule has 1 aromatic carbocycles. The number of H-pyrrole nitrogens is 1. The number of pyridine rings is 1. The van der Waals surface area contributed by atoms with Crippen LogP contribution in [0.15, 0.2) is 29.1 Å². The van der Waals surface area contributed by atoms with Crippen LogP contribution in [0, 0.1) is 5.82 Å². The van der Waals surface area contributed by atoms with Crippen molar-refractivity contribution in [2.75, 3.05) is 6.54 Å². The number of aromatic amines is 1. The summed E-state index contributed by atoms with van der Waals surface area (Å²) in [6.07, 6.45) is 0.981. The van der Waals surface area contributed by atoms with Gasteiger partial charge in [-0.15, -0.1) is 0 Å². The first-order valence-electron chi connectivity index (χ1n) is 6.84. The first-order valence-corrected chi connectivity index (χ1v) is 6.84. The van der Waals surface area contributed by atoms with Crippen molar-refractivity contribution in [3.63, 3.8) is 0 Å². The highest BCUT2D eigenvalue weighted by Gasteiger charge is 2.35. The van der Waals surface area contributed by atoms with Crippen LogP contribution in [-0.2, 0) is 4.79 Å². The van der Waals surface area contributed by atoms with E-state index in [1.807, 2.05) is 0 Å². The number of nitrogens with one attached hydrogen (secondary N) is 1. The van der Waals surface area contributed by atoms with Crippen molar-refractivity contribution < 1.29 is 19.1 Å². The number of carboxylic acids is 1. The number of likely N-dealkylation sites (tertiary alicyclic amines) is 1. The Balaban J connectivity index is 2.11.